The molecule has 0 aliphatic carbocycles. The Morgan fingerprint density at radius 2 is 2.05 bits per heavy atom. The summed E-state index contributed by atoms with van der Waals surface area (Å²) in [6.07, 6.45) is 0.894. The molecular formula is C16H18BrClN2S. The van der Waals surface area contributed by atoms with E-state index in [0.717, 1.165) is 28.2 Å². The maximum Gasteiger partial charge on any atom is 0.147 e. The first-order valence-electron chi connectivity index (χ1n) is 6.86. The molecule has 1 aromatic heterocycles. The Hall–Kier alpha value is -0.580. The second-order valence-corrected chi connectivity index (χ2v) is 7.59. The molecule has 0 atom stereocenters. The SMILES string of the molecule is Cc1cccc(SCc2nc(Cl)c(Br)c(CC(C)C)n2)c1. The van der Waals surface area contributed by atoms with Gasteiger partial charge >= 0.3 is 0 Å². The van der Waals surface area contributed by atoms with Crippen LogP contribution in [0.3, 0.4) is 0 Å². The first-order chi connectivity index (χ1) is 9.95. The van der Waals surface area contributed by atoms with Gasteiger partial charge in [0.2, 0.25) is 0 Å². The van der Waals surface area contributed by atoms with E-state index in [4.69, 9.17) is 11.6 Å². The van der Waals surface area contributed by atoms with Gasteiger partial charge in [-0.2, -0.15) is 0 Å². The van der Waals surface area contributed by atoms with E-state index in [1.165, 1.54) is 10.5 Å². The van der Waals surface area contributed by atoms with Crippen molar-refractivity contribution in [3.05, 3.63) is 51.0 Å². The summed E-state index contributed by atoms with van der Waals surface area (Å²) in [7, 11) is 0. The van der Waals surface area contributed by atoms with E-state index >= 15 is 0 Å². The molecule has 1 aromatic carbocycles. The van der Waals surface area contributed by atoms with E-state index in [1.807, 2.05) is 0 Å². The van der Waals surface area contributed by atoms with Gasteiger partial charge in [0.1, 0.15) is 11.0 Å². The molecule has 0 fully saturated rings. The summed E-state index contributed by atoms with van der Waals surface area (Å²) in [6.45, 7) is 6.44. The van der Waals surface area contributed by atoms with Crippen LogP contribution in [-0.4, -0.2) is 9.97 Å². The molecule has 2 aromatic rings. The fourth-order valence-electron chi connectivity index (χ4n) is 1.95. The van der Waals surface area contributed by atoms with Gasteiger partial charge in [-0.05, 0) is 47.3 Å². The van der Waals surface area contributed by atoms with E-state index in [1.54, 1.807) is 11.8 Å². The molecule has 0 saturated carbocycles. The van der Waals surface area contributed by atoms with Crippen molar-refractivity contribution in [1.82, 2.24) is 9.97 Å². The lowest BCUT2D eigenvalue weighted by Crippen LogP contribution is -2.04. The molecule has 0 amide bonds. The van der Waals surface area contributed by atoms with Crippen LogP contribution in [-0.2, 0) is 12.2 Å². The number of hydrogen-bond donors (Lipinski definition) is 0. The zero-order valence-corrected chi connectivity index (χ0v) is 15.5. The van der Waals surface area contributed by atoms with Crippen LogP contribution in [0.2, 0.25) is 5.15 Å². The minimum absolute atomic E-state index is 0.500. The molecule has 112 valence electrons. The summed E-state index contributed by atoms with van der Waals surface area (Å²) >= 11 is 11.4. The number of hydrogen-bond acceptors (Lipinski definition) is 3. The van der Waals surface area contributed by atoms with Gasteiger partial charge in [0.15, 0.2) is 0 Å². The lowest BCUT2D eigenvalue weighted by atomic mass is 10.1. The van der Waals surface area contributed by atoms with Crippen molar-refractivity contribution < 1.29 is 0 Å². The van der Waals surface area contributed by atoms with E-state index in [2.05, 4.69) is 70.9 Å². The van der Waals surface area contributed by atoms with Crippen molar-refractivity contribution in [2.45, 2.75) is 37.8 Å². The first kappa shape index (κ1) is 16.8. The first-order valence-corrected chi connectivity index (χ1v) is 9.01. The Labute approximate surface area is 143 Å². The van der Waals surface area contributed by atoms with Crippen LogP contribution in [0.25, 0.3) is 0 Å². The van der Waals surface area contributed by atoms with Gasteiger partial charge < -0.3 is 0 Å². The van der Waals surface area contributed by atoms with Gasteiger partial charge in [-0.25, -0.2) is 9.97 Å². The minimum Gasteiger partial charge on any atom is -0.236 e. The van der Waals surface area contributed by atoms with Gasteiger partial charge in [-0.1, -0.05) is 43.1 Å². The summed E-state index contributed by atoms with van der Waals surface area (Å²) in [5.41, 5.74) is 2.25. The number of aromatic nitrogens is 2. The van der Waals surface area contributed by atoms with E-state index in [-0.39, 0.29) is 0 Å². The van der Waals surface area contributed by atoms with E-state index in [0.29, 0.717) is 11.1 Å². The van der Waals surface area contributed by atoms with Crippen LogP contribution in [0, 0.1) is 12.8 Å². The summed E-state index contributed by atoms with van der Waals surface area (Å²) in [6, 6.07) is 8.43. The highest BCUT2D eigenvalue weighted by molar-refractivity contribution is 9.10. The van der Waals surface area contributed by atoms with Crippen LogP contribution in [0.5, 0.6) is 0 Å². The van der Waals surface area contributed by atoms with Gasteiger partial charge in [-0.15, -0.1) is 11.8 Å². The molecular weight excluding hydrogens is 368 g/mol. The third-order valence-electron chi connectivity index (χ3n) is 2.88. The summed E-state index contributed by atoms with van der Waals surface area (Å²) in [5, 5.41) is 0.500. The Morgan fingerprint density at radius 1 is 1.29 bits per heavy atom. The monoisotopic (exact) mass is 384 g/mol. The van der Waals surface area contributed by atoms with E-state index < -0.39 is 0 Å². The molecule has 0 N–H and O–H groups in total. The molecule has 0 bridgehead atoms. The second-order valence-electron chi connectivity index (χ2n) is 5.39. The van der Waals surface area contributed by atoms with Gasteiger partial charge in [0, 0.05) is 4.90 Å². The molecule has 2 nitrogen and oxygen atoms in total. The highest BCUT2D eigenvalue weighted by Gasteiger charge is 2.12. The normalized spacial score (nSPS) is 11.1. The fraction of sp³-hybridized carbons (Fsp3) is 0.375. The zero-order valence-electron chi connectivity index (χ0n) is 12.4. The zero-order chi connectivity index (χ0) is 15.4. The highest BCUT2D eigenvalue weighted by Crippen LogP contribution is 2.28. The van der Waals surface area contributed by atoms with Crippen LogP contribution in [0.15, 0.2) is 33.6 Å². The summed E-state index contributed by atoms with van der Waals surface area (Å²) in [5.74, 6) is 2.04. The van der Waals surface area contributed by atoms with Crippen molar-refractivity contribution in [1.29, 1.82) is 0 Å². The third-order valence-corrected chi connectivity index (χ3v) is 5.21. The van der Waals surface area contributed by atoms with Crippen LogP contribution in [0.1, 0.15) is 30.9 Å². The molecule has 0 spiro atoms. The maximum absolute atomic E-state index is 6.20. The van der Waals surface area contributed by atoms with E-state index in [9.17, 15) is 0 Å². The van der Waals surface area contributed by atoms with Gasteiger partial charge in [0.05, 0.1) is 15.9 Å². The second kappa shape index (κ2) is 7.61. The lowest BCUT2D eigenvalue weighted by molar-refractivity contribution is 0.629. The Morgan fingerprint density at radius 3 is 2.71 bits per heavy atom. The topological polar surface area (TPSA) is 25.8 Å². The van der Waals surface area contributed by atoms with Crippen molar-refractivity contribution in [3.8, 4) is 0 Å². The summed E-state index contributed by atoms with van der Waals surface area (Å²) < 4.78 is 0.821. The van der Waals surface area contributed by atoms with Gasteiger partial charge in [-0.3, -0.25) is 0 Å². The number of nitrogens with zero attached hydrogens (tertiary/aromatic N) is 2. The Balaban J connectivity index is 2.14. The van der Waals surface area contributed by atoms with Crippen molar-refractivity contribution in [3.63, 3.8) is 0 Å². The summed E-state index contributed by atoms with van der Waals surface area (Å²) in [4.78, 5) is 10.2. The molecule has 1 heterocycles. The Bertz CT molecular complexity index is 632. The average Bonchev–Trinajstić information content (AvgIpc) is 2.41. The molecule has 0 aliphatic heterocycles. The standard InChI is InChI=1S/C16H18BrClN2S/c1-10(2)7-13-15(17)16(18)20-14(19-13)9-21-12-6-4-5-11(3)8-12/h4-6,8,10H,7,9H2,1-3H3. The van der Waals surface area contributed by atoms with Crippen LogP contribution in [0.4, 0.5) is 0 Å². The number of rotatable bonds is 5. The van der Waals surface area contributed by atoms with Crippen molar-refractivity contribution >= 4 is 39.3 Å². The predicted octanol–water partition coefficient (Wildman–Crippen LogP) is 5.69. The molecule has 21 heavy (non-hydrogen) atoms. The molecule has 0 saturated heterocycles. The largest absolute Gasteiger partial charge is 0.236 e. The fourth-order valence-corrected chi connectivity index (χ4v) is 3.37. The van der Waals surface area contributed by atoms with Crippen LogP contribution >= 0.6 is 39.3 Å². The molecule has 0 aliphatic rings. The third kappa shape index (κ3) is 4.97. The molecule has 2 rings (SSSR count). The predicted molar refractivity (Wildman–Crippen MR) is 94.0 cm³/mol. The molecule has 0 radical (unpaired) electrons. The number of thioether (sulfide) groups is 1. The average molecular weight is 386 g/mol. The maximum atomic E-state index is 6.20. The highest BCUT2D eigenvalue weighted by atomic mass is 79.9. The smallest absolute Gasteiger partial charge is 0.147 e. The minimum atomic E-state index is 0.500. The van der Waals surface area contributed by atoms with Crippen LogP contribution < -0.4 is 0 Å². The Kier molecular flexibility index (Phi) is 6.08. The van der Waals surface area contributed by atoms with Crippen molar-refractivity contribution in [2.75, 3.05) is 0 Å². The number of halogens is 2. The molecule has 0 unspecified atom stereocenters. The number of aryl methyl sites for hydroxylation is 1. The van der Waals surface area contributed by atoms with Crippen molar-refractivity contribution in [2.24, 2.45) is 5.92 Å². The molecule has 5 heteroatoms. The number of benzene rings is 1. The lowest BCUT2D eigenvalue weighted by Gasteiger charge is -2.10. The van der Waals surface area contributed by atoms with Gasteiger partial charge in [0.25, 0.3) is 0 Å². The quantitative estimate of drug-likeness (QED) is 0.488.